The highest BCUT2D eigenvalue weighted by molar-refractivity contribution is 7.16. The molecule has 0 fully saturated rings. The van der Waals surface area contributed by atoms with Gasteiger partial charge < -0.3 is 15.5 Å². The Bertz CT molecular complexity index is 911. The number of fused-ring (bicyclic) bond motifs is 3. The van der Waals surface area contributed by atoms with Gasteiger partial charge in [-0.1, -0.05) is 39.3 Å². The van der Waals surface area contributed by atoms with Crippen molar-refractivity contribution in [2.24, 2.45) is 11.3 Å². The van der Waals surface area contributed by atoms with Gasteiger partial charge in [0.25, 0.3) is 5.91 Å². The first-order chi connectivity index (χ1) is 14.4. The molecule has 0 saturated heterocycles. The third-order valence-electron chi connectivity index (χ3n) is 7.41. The molecule has 2 N–H and O–H groups in total. The number of benzene rings is 1. The van der Waals surface area contributed by atoms with Crippen molar-refractivity contribution in [3.8, 4) is 0 Å². The lowest BCUT2D eigenvalue weighted by atomic mass is 9.69. The van der Waals surface area contributed by atoms with Crippen molar-refractivity contribution < 1.29 is 4.79 Å². The molecule has 2 atom stereocenters. The number of carbonyl (C=O) groups is 1. The molecule has 2 aliphatic rings. The first-order valence-electron chi connectivity index (χ1n) is 11.4. The van der Waals surface area contributed by atoms with Gasteiger partial charge in [0.05, 0.1) is 5.56 Å². The van der Waals surface area contributed by atoms with Crippen LogP contribution in [0.3, 0.4) is 0 Å². The van der Waals surface area contributed by atoms with Crippen molar-refractivity contribution in [1.82, 2.24) is 5.32 Å². The number of amides is 1. The van der Waals surface area contributed by atoms with Crippen LogP contribution in [0, 0.1) is 11.3 Å². The second kappa shape index (κ2) is 8.26. The van der Waals surface area contributed by atoms with Gasteiger partial charge in [-0.25, -0.2) is 0 Å². The lowest BCUT2D eigenvalue weighted by molar-refractivity contribution is 0.0934. The Labute approximate surface area is 185 Å². The van der Waals surface area contributed by atoms with Crippen molar-refractivity contribution in [3.05, 3.63) is 45.8 Å². The largest absolute Gasteiger partial charge is 0.372 e. The highest BCUT2D eigenvalue weighted by Crippen LogP contribution is 2.47. The fourth-order valence-corrected chi connectivity index (χ4v) is 6.24. The van der Waals surface area contributed by atoms with Gasteiger partial charge in [-0.3, -0.25) is 4.79 Å². The van der Waals surface area contributed by atoms with Crippen molar-refractivity contribution in [1.29, 1.82) is 0 Å². The van der Waals surface area contributed by atoms with E-state index in [4.69, 9.17) is 0 Å². The zero-order chi connectivity index (χ0) is 21.5. The molecule has 1 aromatic heterocycles. The normalized spacial score (nSPS) is 20.8. The third kappa shape index (κ3) is 3.73. The van der Waals surface area contributed by atoms with Crippen molar-refractivity contribution in [3.63, 3.8) is 0 Å². The molecule has 0 bridgehead atoms. The maximum atomic E-state index is 13.1. The maximum absolute atomic E-state index is 13.1. The minimum Gasteiger partial charge on any atom is -0.372 e. The van der Waals surface area contributed by atoms with Gasteiger partial charge in [-0.15, -0.1) is 11.3 Å². The molecule has 5 heteroatoms. The topological polar surface area (TPSA) is 44.4 Å². The summed E-state index contributed by atoms with van der Waals surface area (Å²) in [4.78, 5) is 16.8. The van der Waals surface area contributed by atoms with E-state index in [1.165, 1.54) is 29.0 Å². The quantitative estimate of drug-likeness (QED) is 0.597. The Morgan fingerprint density at radius 1 is 1.10 bits per heavy atom. The van der Waals surface area contributed by atoms with Gasteiger partial charge in [0.2, 0.25) is 0 Å². The van der Waals surface area contributed by atoms with E-state index in [0.29, 0.717) is 11.3 Å². The molecule has 4 rings (SSSR count). The molecular weight excluding hydrogens is 390 g/mol. The van der Waals surface area contributed by atoms with Gasteiger partial charge in [-0.05, 0) is 67.7 Å². The van der Waals surface area contributed by atoms with Gasteiger partial charge in [0.15, 0.2) is 0 Å². The minimum atomic E-state index is -0.168. The number of anilines is 2. The molecule has 2 heterocycles. The zero-order valence-corrected chi connectivity index (χ0v) is 19.8. The Morgan fingerprint density at radius 2 is 1.80 bits per heavy atom. The summed E-state index contributed by atoms with van der Waals surface area (Å²) in [6, 6.07) is 8.57. The molecular formula is C25H35N3OS. The average Bonchev–Trinajstić information content (AvgIpc) is 3.13. The second-order valence-electron chi connectivity index (χ2n) is 9.30. The van der Waals surface area contributed by atoms with Crippen molar-refractivity contribution >= 4 is 27.9 Å². The molecule has 0 spiro atoms. The average molecular weight is 426 g/mol. The Hall–Kier alpha value is -2.01. The Morgan fingerprint density at radius 3 is 2.43 bits per heavy atom. The van der Waals surface area contributed by atoms with Crippen LogP contribution >= 0.6 is 11.3 Å². The van der Waals surface area contributed by atoms with Gasteiger partial charge in [-0.2, -0.15) is 0 Å². The van der Waals surface area contributed by atoms with Gasteiger partial charge in [0, 0.05) is 23.7 Å². The first-order valence-corrected chi connectivity index (χ1v) is 12.3. The van der Waals surface area contributed by atoms with Crippen LogP contribution < -0.4 is 15.5 Å². The van der Waals surface area contributed by atoms with Crippen LogP contribution in [0.1, 0.15) is 80.0 Å². The summed E-state index contributed by atoms with van der Waals surface area (Å²) >= 11 is 1.81. The molecule has 30 heavy (non-hydrogen) atoms. The first kappa shape index (κ1) is 21.2. The molecule has 0 radical (unpaired) electrons. The minimum absolute atomic E-state index is 0.0762. The number of nitrogens with zero attached hydrogens (tertiary/aromatic N) is 1. The second-order valence-corrected chi connectivity index (χ2v) is 10.4. The summed E-state index contributed by atoms with van der Waals surface area (Å²) in [5.74, 6) is 0.772. The van der Waals surface area contributed by atoms with E-state index in [0.717, 1.165) is 42.1 Å². The maximum Gasteiger partial charge on any atom is 0.256 e. The highest BCUT2D eigenvalue weighted by Gasteiger charge is 2.37. The lowest BCUT2D eigenvalue weighted by Crippen LogP contribution is -2.38. The van der Waals surface area contributed by atoms with Crippen LogP contribution in [0.15, 0.2) is 24.3 Å². The van der Waals surface area contributed by atoms with E-state index in [1.54, 1.807) is 11.3 Å². The summed E-state index contributed by atoms with van der Waals surface area (Å²) in [5, 5.41) is 7.87. The number of nitrogens with one attached hydrogen (secondary N) is 2. The summed E-state index contributed by atoms with van der Waals surface area (Å²) in [6.07, 6.45) is 4.33. The molecule has 2 aromatic rings. The van der Waals surface area contributed by atoms with E-state index in [9.17, 15) is 4.79 Å². The van der Waals surface area contributed by atoms with Crippen LogP contribution in [-0.4, -0.2) is 19.0 Å². The van der Waals surface area contributed by atoms with Crippen LogP contribution in [0.2, 0.25) is 0 Å². The Kier molecular flexibility index (Phi) is 5.84. The lowest BCUT2D eigenvalue weighted by Gasteiger charge is -2.36. The van der Waals surface area contributed by atoms with E-state index < -0.39 is 0 Å². The van der Waals surface area contributed by atoms with Gasteiger partial charge in [0.1, 0.15) is 11.2 Å². The standard InChI is InChI=1S/C25H35N3OS/c1-6-25(4,5)17-11-14-19-20(15-17)30-24-21(19)23(29)26-22(27-24)16-9-12-18(13-10-16)28(7-2)8-3/h9-10,12-13,17,22,27H,6-8,11,14-15H2,1-5H3,(H,26,29)/t17-,22+/m0/s1. The third-order valence-corrected chi connectivity index (χ3v) is 8.60. The van der Waals surface area contributed by atoms with Crippen LogP contribution in [0.25, 0.3) is 0 Å². The van der Waals surface area contributed by atoms with E-state index >= 15 is 0 Å². The van der Waals surface area contributed by atoms with Crippen molar-refractivity contribution in [2.45, 2.75) is 66.5 Å². The van der Waals surface area contributed by atoms with Crippen LogP contribution in [0.5, 0.6) is 0 Å². The fraction of sp³-hybridized carbons (Fsp3) is 0.560. The Balaban J connectivity index is 1.56. The molecule has 162 valence electrons. The molecule has 4 nitrogen and oxygen atoms in total. The van der Waals surface area contributed by atoms with Crippen LogP contribution in [-0.2, 0) is 12.8 Å². The SMILES string of the molecule is CCN(CC)c1ccc([C@@H]2NC(=O)c3c(sc4c3CC[C@H](C(C)(C)CC)C4)N2)cc1. The highest BCUT2D eigenvalue weighted by atomic mass is 32.1. The predicted molar refractivity (Wildman–Crippen MR) is 128 cm³/mol. The van der Waals surface area contributed by atoms with Crippen molar-refractivity contribution in [2.75, 3.05) is 23.3 Å². The fourth-order valence-electron chi connectivity index (χ4n) is 4.89. The molecule has 0 unspecified atom stereocenters. The molecule has 1 aliphatic carbocycles. The number of rotatable bonds is 6. The number of hydrogen-bond acceptors (Lipinski definition) is 4. The van der Waals surface area contributed by atoms with E-state index in [-0.39, 0.29) is 12.1 Å². The molecule has 0 saturated carbocycles. The van der Waals surface area contributed by atoms with Crippen LogP contribution in [0.4, 0.5) is 10.7 Å². The number of carbonyl (C=O) groups excluding carboxylic acids is 1. The number of hydrogen-bond donors (Lipinski definition) is 2. The molecule has 1 aliphatic heterocycles. The molecule has 1 amide bonds. The summed E-state index contributed by atoms with van der Waals surface area (Å²) in [7, 11) is 0. The van der Waals surface area contributed by atoms with E-state index in [2.05, 4.69) is 74.4 Å². The zero-order valence-electron chi connectivity index (χ0n) is 19.0. The summed E-state index contributed by atoms with van der Waals surface area (Å²) in [6.45, 7) is 13.4. The predicted octanol–water partition coefficient (Wildman–Crippen LogP) is 5.99. The van der Waals surface area contributed by atoms with Gasteiger partial charge >= 0.3 is 0 Å². The number of thiophene rings is 1. The smallest absolute Gasteiger partial charge is 0.256 e. The summed E-state index contributed by atoms with van der Waals surface area (Å²) in [5.41, 5.74) is 4.87. The summed E-state index contributed by atoms with van der Waals surface area (Å²) < 4.78 is 0. The molecule has 1 aromatic carbocycles. The monoisotopic (exact) mass is 425 g/mol. The van der Waals surface area contributed by atoms with E-state index in [1.807, 2.05) is 0 Å².